The van der Waals surface area contributed by atoms with Crippen LogP contribution in [0.4, 0.5) is 5.82 Å². The summed E-state index contributed by atoms with van der Waals surface area (Å²) in [6.07, 6.45) is 5.29. The van der Waals surface area contributed by atoms with Gasteiger partial charge in [-0.3, -0.25) is 4.79 Å². The van der Waals surface area contributed by atoms with Crippen molar-refractivity contribution in [2.45, 2.75) is 19.3 Å². The lowest BCUT2D eigenvalue weighted by Crippen LogP contribution is -2.68. The summed E-state index contributed by atoms with van der Waals surface area (Å²) >= 11 is 0. The number of fused-ring (bicyclic) bond motifs is 1. The minimum Gasteiger partial charge on any atom is -0.396 e. The van der Waals surface area contributed by atoms with Crippen molar-refractivity contribution in [3.8, 4) is 0 Å². The Kier molecular flexibility index (Phi) is 3.12. The van der Waals surface area contributed by atoms with Crippen LogP contribution in [-0.2, 0) is 4.79 Å². The monoisotopic (exact) mass is 321 g/mol. The maximum atomic E-state index is 12.5. The average Bonchev–Trinajstić information content (AvgIpc) is 2.51. The highest BCUT2D eigenvalue weighted by Gasteiger charge is 2.71. The molecule has 2 aromatic rings. The number of carbonyl (C=O) groups is 1. The first-order valence-electron chi connectivity index (χ1n) is 8.01. The molecule has 5 rings (SSSR count). The van der Waals surface area contributed by atoms with E-state index in [2.05, 4.69) is 16.9 Å². The SMILES string of the molecule is C=C(C=N)c1ccc2cnc(NC(=O)C34CC(CO)(C3)C4)cc2c1. The van der Waals surface area contributed by atoms with E-state index in [4.69, 9.17) is 5.41 Å². The third kappa shape index (κ3) is 2.08. The van der Waals surface area contributed by atoms with Gasteiger partial charge in [-0.15, -0.1) is 0 Å². The van der Waals surface area contributed by atoms with Crippen LogP contribution < -0.4 is 5.32 Å². The van der Waals surface area contributed by atoms with E-state index in [1.165, 1.54) is 6.21 Å². The summed E-state index contributed by atoms with van der Waals surface area (Å²) in [5.74, 6) is 0.539. The summed E-state index contributed by atoms with van der Waals surface area (Å²) in [6, 6.07) is 7.64. The Morgan fingerprint density at radius 1 is 1.33 bits per heavy atom. The highest BCUT2D eigenvalue weighted by Crippen LogP contribution is 2.73. The van der Waals surface area contributed by atoms with Crippen molar-refractivity contribution >= 4 is 34.3 Å². The summed E-state index contributed by atoms with van der Waals surface area (Å²) in [7, 11) is 0. The molecule has 0 atom stereocenters. The fourth-order valence-corrected chi connectivity index (χ4v) is 4.15. The van der Waals surface area contributed by atoms with Gasteiger partial charge >= 0.3 is 0 Å². The molecule has 0 aliphatic heterocycles. The van der Waals surface area contributed by atoms with Gasteiger partial charge in [-0.25, -0.2) is 4.98 Å². The van der Waals surface area contributed by atoms with Gasteiger partial charge < -0.3 is 15.8 Å². The molecule has 0 radical (unpaired) electrons. The Bertz CT molecular complexity index is 868. The molecule has 24 heavy (non-hydrogen) atoms. The third-order valence-corrected chi connectivity index (χ3v) is 5.47. The number of carbonyl (C=O) groups excluding carboxylic acids is 1. The first kappa shape index (κ1) is 15.0. The summed E-state index contributed by atoms with van der Waals surface area (Å²) in [5.41, 5.74) is 1.24. The van der Waals surface area contributed by atoms with Gasteiger partial charge in [0.1, 0.15) is 5.82 Å². The first-order valence-corrected chi connectivity index (χ1v) is 8.01. The van der Waals surface area contributed by atoms with E-state index in [1.54, 1.807) is 6.20 Å². The zero-order valence-electron chi connectivity index (χ0n) is 13.3. The lowest BCUT2D eigenvalue weighted by atomic mass is 9.35. The molecule has 122 valence electrons. The number of nitrogens with zero attached hydrogens (tertiary/aromatic N) is 1. The lowest BCUT2D eigenvalue weighted by molar-refractivity contribution is -0.216. The first-order chi connectivity index (χ1) is 11.5. The fourth-order valence-electron chi connectivity index (χ4n) is 4.15. The number of amides is 1. The van der Waals surface area contributed by atoms with Crippen LogP contribution in [0.3, 0.4) is 0 Å². The van der Waals surface area contributed by atoms with Gasteiger partial charge in [-0.2, -0.15) is 0 Å². The zero-order valence-corrected chi connectivity index (χ0v) is 13.3. The molecule has 0 unspecified atom stereocenters. The highest BCUT2D eigenvalue weighted by molar-refractivity contribution is 6.08. The number of pyridine rings is 1. The molecule has 1 amide bonds. The van der Waals surface area contributed by atoms with Crippen molar-refractivity contribution in [2.75, 3.05) is 11.9 Å². The van der Waals surface area contributed by atoms with E-state index in [-0.39, 0.29) is 23.3 Å². The second kappa shape index (κ2) is 4.98. The molecule has 0 saturated heterocycles. The lowest BCUT2D eigenvalue weighted by Gasteiger charge is -2.68. The van der Waals surface area contributed by atoms with E-state index in [0.717, 1.165) is 35.6 Å². The molecule has 1 heterocycles. The second-order valence-corrected chi connectivity index (χ2v) is 7.22. The van der Waals surface area contributed by atoms with Crippen LogP contribution in [0.1, 0.15) is 24.8 Å². The minimum absolute atomic E-state index is 0.00438. The molecule has 5 heteroatoms. The number of allylic oxidation sites excluding steroid dienone is 1. The van der Waals surface area contributed by atoms with Gasteiger partial charge in [0.05, 0.1) is 5.41 Å². The molecule has 5 nitrogen and oxygen atoms in total. The molecular formula is C19H19N3O2. The fraction of sp³-hybridized carbons (Fsp3) is 0.316. The quantitative estimate of drug-likeness (QED) is 0.740. The number of anilines is 1. The van der Waals surface area contributed by atoms with Crippen LogP contribution in [0.15, 0.2) is 37.0 Å². The Balaban J connectivity index is 1.55. The number of rotatable bonds is 5. The molecule has 0 spiro atoms. The van der Waals surface area contributed by atoms with Crippen molar-refractivity contribution in [3.05, 3.63) is 42.6 Å². The van der Waals surface area contributed by atoms with Crippen molar-refractivity contribution in [1.29, 1.82) is 5.41 Å². The van der Waals surface area contributed by atoms with E-state index in [0.29, 0.717) is 11.4 Å². The number of nitrogens with one attached hydrogen (secondary N) is 2. The zero-order chi connectivity index (χ0) is 16.9. The van der Waals surface area contributed by atoms with Gasteiger partial charge in [-0.1, -0.05) is 18.7 Å². The predicted molar refractivity (Wildman–Crippen MR) is 94.0 cm³/mol. The Hall–Kier alpha value is -2.53. The number of hydrogen-bond acceptors (Lipinski definition) is 4. The van der Waals surface area contributed by atoms with Crippen molar-refractivity contribution in [2.24, 2.45) is 10.8 Å². The van der Waals surface area contributed by atoms with Crippen LogP contribution in [0.2, 0.25) is 0 Å². The van der Waals surface area contributed by atoms with Gasteiger partial charge in [0.15, 0.2) is 0 Å². The van der Waals surface area contributed by atoms with E-state index in [9.17, 15) is 9.90 Å². The van der Waals surface area contributed by atoms with Crippen molar-refractivity contribution in [3.63, 3.8) is 0 Å². The summed E-state index contributed by atoms with van der Waals surface area (Å²) < 4.78 is 0. The normalized spacial score (nSPS) is 27.0. The Morgan fingerprint density at radius 3 is 2.75 bits per heavy atom. The predicted octanol–water partition coefficient (Wildman–Crippen LogP) is 3.00. The number of hydrogen-bond donors (Lipinski definition) is 3. The van der Waals surface area contributed by atoms with E-state index in [1.807, 2.05) is 24.3 Å². The standard InChI is InChI=1S/C19H19N3O2/c1-12(6-20)13-2-3-14-7-21-16(5-15(14)4-13)22-17(24)19-8-18(9-19,10-19)11-23/h2-7,20,23H,1,8-11H2,(H,21,22,24). The number of aliphatic hydroxyl groups is 1. The van der Waals surface area contributed by atoms with Crippen LogP contribution in [0, 0.1) is 16.2 Å². The van der Waals surface area contributed by atoms with Gasteiger partial charge in [-0.05, 0) is 53.3 Å². The summed E-state index contributed by atoms with van der Waals surface area (Å²) in [6.45, 7) is 4.02. The summed E-state index contributed by atoms with van der Waals surface area (Å²) in [5, 5.41) is 21.5. The Labute approximate surface area is 139 Å². The topological polar surface area (TPSA) is 86.1 Å². The molecule has 3 N–H and O–H groups in total. The molecule has 3 aliphatic carbocycles. The summed E-state index contributed by atoms with van der Waals surface area (Å²) in [4.78, 5) is 16.8. The smallest absolute Gasteiger partial charge is 0.231 e. The van der Waals surface area contributed by atoms with Crippen LogP contribution in [0.25, 0.3) is 16.3 Å². The maximum Gasteiger partial charge on any atom is 0.231 e. The van der Waals surface area contributed by atoms with Gasteiger partial charge in [0, 0.05) is 24.4 Å². The third-order valence-electron chi connectivity index (χ3n) is 5.47. The minimum atomic E-state index is -0.296. The van der Waals surface area contributed by atoms with Crippen LogP contribution in [0.5, 0.6) is 0 Å². The molecule has 3 aliphatic rings. The average molecular weight is 321 g/mol. The maximum absolute atomic E-state index is 12.5. The molecule has 1 aromatic heterocycles. The van der Waals surface area contributed by atoms with Gasteiger partial charge in [0.2, 0.25) is 5.91 Å². The van der Waals surface area contributed by atoms with Crippen LogP contribution in [-0.4, -0.2) is 28.8 Å². The molecule has 2 bridgehead atoms. The second-order valence-electron chi connectivity index (χ2n) is 7.22. The highest BCUT2D eigenvalue weighted by atomic mass is 16.3. The van der Waals surface area contributed by atoms with Crippen LogP contribution >= 0.6 is 0 Å². The Morgan fingerprint density at radius 2 is 2.08 bits per heavy atom. The van der Waals surface area contributed by atoms with E-state index >= 15 is 0 Å². The molecular weight excluding hydrogens is 302 g/mol. The molecule has 3 fully saturated rings. The van der Waals surface area contributed by atoms with E-state index < -0.39 is 0 Å². The van der Waals surface area contributed by atoms with Crippen molar-refractivity contribution in [1.82, 2.24) is 4.98 Å². The van der Waals surface area contributed by atoms with Gasteiger partial charge in [0.25, 0.3) is 0 Å². The molecule has 1 aromatic carbocycles. The van der Waals surface area contributed by atoms with Crippen molar-refractivity contribution < 1.29 is 9.90 Å². The number of aliphatic hydroxyl groups excluding tert-OH is 1. The number of benzene rings is 1. The number of aromatic nitrogens is 1. The molecule has 3 saturated carbocycles. The largest absolute Gasteiger partial charge is 0.396 e.